The van der Waals surface area contributed by atoms with Crippen LogP contribution in [0, 0.1) is 6.92 Å². The SMILES string of the molecule is CCOc1ccc(C(=O)N(C)Cc2ccc(N(C)C)cc2)cc1C. The van der Waals surface area contributed by atoms with E-state index in [0.29, 0.717) is 18.7 Å². The van der Waals surface area contributed by atoms with Gasteiger partial charge >= 0.3 is 0 Å². The molecule has 0 aromatic heterocycles. The van der Waals surface area contributed by atoms with Crippen LogP contribution < -0.4 is 9.64 Å². The van der Waals surface area contributed by atoms with Gasteiger partial charge in [-0.05, 0) is 55.3 Å². The lowest BCUT2D eigenvalue weighted by Crippen LogP contribution is -2.26. The van der Waals surface area contributed by atoms with Crippen LogP contribution in [0.4, 0.5) is 5.69 Å². The van der Waals surface area contributed by atoms with E-state index < -0.39 is 0 Å². The molecule has 0 atom stereocenters. The molecule has 0 saturated carbocycles. The largest absolute Gasteiger partial charge is 0.494 e. The normalized spacial score (nSPS) is 10.4. The summed E-state index contributed by atoms with van der Waals surface area (Å²) in [6.45, 7) is 5.12. The molecule has 0 aliphatic carbocycles. The highest BCUT2D eigenvalue weighted by molar-refractivity contribution is 5.94. The first-order valence-corrected chi connectivity index (χ1v) is 8.17. The van der Waals surface area contributed by atoms with Crippen molar-refractivity contribution in [1.82, 2.24) is 4.90 Å². The number of carbonyl (C=O) groups excluding carboxylic acids is 1. The Morgan fingerprint density at radius 1 is 1.04 bits per heavy atom. The molecule has 2 aromatic rings. The number of aryl methyl sites for hydroxylation is 1. The molecule has 0 bridgehead atoms. The maximum Gasteiger partial charge on any atom is 0.253 e. The fourth-order valence-corrected chi connectivity index (χ4v) is 2.57. The van der Waals surface area contributed by atoms with Crippen LogP contribution >= 0.6 is 0 Å². The highest BCUT2D eigenvalue weighted by Crippen LogP contribution is 2.20. The Hall–Kier alpha value is -2.49. The average molecular weight is 326 g/mol. The molecule has 0 unspecified atom stereocenters. The second-order valence-electron chi connectivity index (χ2n) is 6.14. The maximum atomic E-state index is 12.6. The number of benzene rings is 2. The fourth-order valence-electron chi connectivity index (χ4n) is 2.57. The van der Waals surface area contributed by atoms with E-state index >= 15 is 0 Å². The van der Waals surface area contributed by atoms with E-state index in [1.54, 1.807) is 4.90 Å². The maximum absolute atomic E-state index is 12.6. The molecule has 0 heterocycles. The first-order chi connectivity index (χ1) is 11.4. The number of nitrogens with zero attached hydrogens (tertiary/aromatic N) is 2. The summed E-state index contributed by atoms with van der Waals surface area (Å²) < 4.78 is 5.53. The minimum atomic E-state index is 0.0119. The summed E-state index contributed by atoms with van der Waals surface area (Å²) in [6.07, 6.45) is 0. The predicted octanol–water partition coefficient (Wildman–Crippen LogP) is 3.73. The molecule has 1 amide bonds. The van der Waals surface area contributed by atoms with Gasteiger partial charge in [0.1, 0.15) is 5.75 Å². The van der Waals surface area contributed by atoms with Crippen molar-refractivity contribution in [3.8, 4) is 5.75 Å². The molecule has 0 N–H and O–H groups in total. The minimum Gasteiger partial charge on any atom is -0.494 e. The number of carbonyl (C=O) groups is 1. The number of rotatable bonds is 6. The van der Waals surface area contributed by atoms with E-state index in [-0.39, 0.29) is 5.91 Å². The molecule has 0 spiro atoms. The monoisotopic (exact) mass is 326 g/mol. The van der Waals surface area contributed by atoms with Crippen LogP contribution in [-0.2, 0) is 6.54 Å². The second-order valence-corrected chi connectivity index (χ2v) is 6.14. The zero-order chi connectivity index (χ0) is 17.7. The highest BCUT2D eigenvalue weighted by Gasteiger charge is 2.13. The van der Waals surface area contributed by atoms with E-state index in [9.17, 15) is 4.79 Å². The third-order valence-electron chi connectivity index (χ3n) is 3.94. The summed E-state index contributed by atoms with van der Waals surface area (Å²) in [5.74, 6) is 0.841. The zero-order valence-electron chi connectivity index (χ0n) is 15.2. The number of hydrogen-bond acceptors (Lipinski definition) is 3. The van der Waals surface area contributed by atoms with Gasteiger partial charge in [-0.25, -0.2) is 0 Å². The summed E-state index contributed by atoms with van der Waals surface area (Å²) >= 11 is 0. The highest BCUT2D eigenvalue weighted by atomic mass is 16.5. The average Bonchev–Trinajstić information content (AvgIpc) is 2.56. The van der Waals surface area contributed by atoms with Crippen molar-refractivity contribution >= 4 is 11.6 Å². The first-order valence-electron chi connectivity index (χ1n) is 8.17. The van der Waals surface area contributed by atoms with Gasteiger partial charge in [-0.3, -0.25) is 4.79 Å². The van der Waals surface area contributed by atoms with Gasteiger partial charge in [-0.1, -0.05) is 12.1 Å². The Labute approximate surface area is 144 Å². The van der Waals surface area contributed by atoms with Crippen LogP contribution in [0.1, 0.15) is 28.4 Å². The van der Waals surface area contributed by atoms with Crippen LogP contribution in [0.15, 0.2) is 42.5 Å². The zero-order valence-corrected chi connectivity index (χ0v) is 15.2. The lowest BCUT2D eigenvalue weighted by Gasteiger charge is -2.19. The van der Waals surface area contributed by atoms with Gasteiger partial charge in [0.05, 0.1) is 6.61 Å². The molecule has 24 heavy (non-hydrogen) atoms. The summed E-state index contributed by atoms with van der Waals surface area (Å²) in [5.41, 5.74) is 3.92. The third kappa shape index (κ3) is 4.28. The van der Waals surface area contributed by atoms with Crippen molar-refractivity contribution < 1.29 is 9.53 Å². The third-order valence-corrected chi connectivity index (χ3v) is 3.94. The van der Waals surface area contributed by atoms with E-state index in [1.165, 1.54) is 0 Å². The van der Waals surface area contributed by atoms with Gasteiger partial charge in [0.25, 0.3) is 5.91 Å². The molecule has 128 valence electrons. The van der Waals surface area contributed by atoms with E-state index in [4.69, 9.17) is 4.74 Å². The minimum absolute atomic E-state index is 0.0119. The van der Waals surface area contributed by atoms with Crippen molar-refractivity contribution in [2.75, 3.05) is 32.6 Å². The summed E-state index contributed by atoms with van der Waals surface area (Å²) in [6, 6.07) is 13.8. The first kappa shape index (κ1) is 17.9. The van der Waals surface area contributed by atoms with Crippen LogP contribution in [0.2, 0.25) is 0 Å². The van der Waals surface area contributed by atoms with Crippen molar-refractivity contribution in [2.24, 2.45) is 0 Å². The predicted molar refractivity (Wildman–Crippen MR) is 98.9 cm³/mol. The molecule has 2 rings (SSSR count). The molecule has 0 fully saturated rings. The van der Waals surface area contributed by atoms with Crippen molar-refractivity contribution in [2.45, 2.75) is 20.4 Å². The molecule has 0 aliphatic heterocycles. The molecule has 4 heteroatoms. The van der Waals surface area contributed by atoms with Gasteiger partial charge in [-0.2, -0.15) is 0 Å². The summed E-state index contributed by atoms with van der Waals surface area (Å²) in [5, 5.41) is 0. The van der Waals surface area contributed by atoms with Crippen molar-refractivity contribution in [3.63, 3.8) is 0 Å². The van der Waals surface area contributed by atoms with E-state index in [2.05, 4.69) is 29.2 Å². The molecule has 0 aliphatic rings. The fraction of sp³-hybridized carbons (Fsp3) is 0.350. The molecule has 2 aromatic carbocycles. The Morgan fingerprint density at radius 2 is 1.71 bits per heavy atom. The summed E-state index contributed by atoms with van der Waals surface area (Å²) in [7, 11) is 5.85. The van der Waals surface area contributed by atoms with Crippen LogP contribution in [0.25, 0.3) is 0 Å². The molecule has 4 nitrogen and oxygen atoms in total. The van der Waals surface area contributed by atoms with Gasteiger partial charge in [-0.15, -0.1) is 0 Å². The lowest BCUT2D eigenvalue weighted by atomic mass is 10.1. The number of hydrogen-bond donors (Lipinski definition) is 0. The molecular formula is C20H26N2O2. The van der Waals surface area contributed by atoms with Crippen molar-refractivity contribution in [1.29, 1.82) is 0 Å². The summed E-state index contributed by atoms with van der Waals surface area (Å²) in [4.78, 5) is 16.4. The Morgan fingerprint density at radius 3 is 2.25 bits per heavy atom. The smallest absolute Gasteiger partial charge is 0.253 e. The Bertz CT molecular complexity index is 693. The number of ether oxygens (including phenoxy) is 1. The standard InChI is InChI=1S/C20H26N2O2/c1-6-24-19-12-9-17(13-15(19)2)20(23)22(5)14-16-7-10-18(11-8-16)21(3)4/h7-13H,6,14H2,1-5H3. The van der Waals surface area contributed by atoms with Gasteiger partial charge in [0.15, 0.2) is 0 Å². The van der Waals surface area contributed by atoms with Crippen LogP contribution in [-0.4, -0.2) is 38.6 Å². The van der Waals surface area contributed by atoms with Crippen molar-refractivity contribution in [3.05, 3.63) is 59.2 Å². The van der Waals surface area contributed by atoms with Crippen LogP contribution in [0.5, 0.6) is 5.75 Å². The second kappa shape index (κ2) is 7.86. The molecule has 0 radical (unpaired) electrons. The topological polar surface area (TPSA) is 32.8 Å². The van der Waals surface area contributed by atoms with Crippen LogP contribution in [0.3, 0.4) is 0 Å². The van der Waals surface area contributed by atoms with E-state index in [0.717, 1.165) is 22.6 Å². The molecular weight excluding hydrogens is 300 g/mol. The van der Waals surface area contributed by atoms with Gasteiger partial charge in [0, 0.05) is 38.9 Å². The van der Waals surface area contributed by atoms with E-state index in [1.807, 2.05) is 53.2 Å². The van der Waals surface area contributed by atoms with Gasteiger partial charge < -0.3 is 14.5 Å². The van der Waals surface area contributed by atoms with Gasteiger partial charge in [0.2, 0.25) is 0 Å². The Kier molecular flexibility index (Phi) is 5.85. The lowest BCUT2D eigenvalue weighted by molar-refractivity contribution is 0.0785. The Balaban J connectivity index is 2.07. The number of amides is 1. The quantitative estimate of drug-likeness (QED) is 0.811. The number of anilines is 1. The molecule has 0 saturated heterocycles.